The summed E-state index contributed by atoms with van der Waals surface area (Å²) in [6.45, 7) is 3.41. The van der Waals surface area contributed by atoms with E-state index < -0.39 is 5.97 Å². The summed E-state index contributed by atoms with van der Waals surface area (Å²) < 4.78 is 4.87. The van der Waals surface area contributed by atoms with Crippen LogP contribution in [0.5, 0.6) is 0 Å². The molecule has 0 saturated carbocycles. The molecule has 19 heavy (non-hydrogen) atoms. The summed E-state index contributed by atoms with van der Waals surface area (Å²) in [6, 6.07) is 8.24. The molecule has 2 aromatic rings. The summed E-state index contributed by atoms with van der Waals surface area (Å²) in [5.41, 5.74) is 9.99. The highest BCUT2D eigenvalue weighted by atomic mass is 32.1. The van der Waals surface area contributed by atoms with Crippen LogP contribution in [0.3, 0.4) is 0 Å². The Labute approximate surface area is 115 Å². The molecular formula is C15H13NO2S. The van der Waals surface area contributed by atoms with E-state index in [0.29, 0.717) is 10.6 Å². The minimum atomic E-state index is -0.413. The lowest BCUT2D eigenvalue weighted by Crippen LogP contribution is -2.09. The third kappa shape index (κ3) is 1.85. The molecule has 1 heterocycles. The van der Waals surface area contributed by atoms with Crippen molar-refractivity contribution < 1.29 is 9.53 Å². The number of ether oxygens (including phenoxy) is 1. The molecule has 3 nitrogen and oxygen atoms in total. The second kappa shape index (κ2) is 4.55. The SMILES string of the molecule is C=COC(=O)c1c(N)sc2c1CCc1ccccc1-2. The minimum Gasteiger partial charge on any atom is -0.431 e. The van der Waals surface area contributed by atoms with Crippen molar-refractivity contribution in [3.05, 3.63) is 53.8 Å². The summed E-state index contributed by atoms with van der Waals surface area (Å²) in [5.74, 6) is -0.413. The summed E-state index contributed by atoms with van der Waals surface area (Å²) in [7, 11) is 0. The smallest absolute Gasteiger partial charge is 0.346 e. The standard InChI is InChI=1S/C15H13NO2S/c1-2-18-15(17)12-11-8-7-9-5-3-4-6-10(9)13(11)19-14(12)16/h2-6H,1,7-8,16H2. The van der Waals surface area contributed by atoms with Gasteiger partial charge < -0.3 is 10.5 Å². The number of rotatable bonds is 2. The topological polar surface area (TPSA) is 52.3 Å². The van der Waals surface area contributed by atoms with Crippen LogP contribution in [-0.4, -0.2) is 5.97 Å². The first-order valence-corrected chi connectivity index (χ1v) is 6.85. The van der Waals surface area contributed by atoms with E-state index in [-0.39, 0.29) is 0 Å². The van der Waals surface area contributed by atoms with Gasteiger partial charge in [-0.2, -0.15) is 0 Å². The average Bonchev–Trinajstić information content (AvgIpc) is 2.75. The Morgan fingerprint density at radius 1 is 1.37 bits per heavy atom. The van der Waals surface area contributed by atoms with Crippen molar-refractivity contribution >= 4 is 22.3 Å². The number of anilines is 1. The Bertz CT molecular complexity index is 673. The van der Waals surface area contributed by atoms with E-state index in [1.165, 1.54) is 22.5 Å². The molecule has 1 aliphatic carbocycles. The molecule has 0 amide bonds. The van der Waals surface area contributed by atoms with Gasteiger partial charge in [-0.3, -0.25) is 0 Å². The van der Waals surface area contributed by atoms with E-state index in [9.17, 15) is 4.79 Å². The molecule has 0 saturated heterocycles. The molecule has 0 radical (unpaired) electrons. The second-order valence-corrected chi connectivity index (χ2v) is 5.43. The number of nitrogen functional groups attached to an aromatic ring is 1. The molecule has 0 fully saturated rings. The van der Waals surface area contributed by atoms with E-state index in [1.807, 2.05) is 12.1 Å². The molecule has 0 atom stereocenters. The largest absolute Gasteiger partial charge is 0.431 e. The molecule has 1 aromatic heterocycles. The molecule has 1 aliphatic rings. The molecular weight excluding hydrogens is 258 g/mol. The molecule has 1 aromatic carbocycles. The molecule has 0 bridgehead atoms. The second-order valence-electron chi connectivity index (χ2n) is 4.38. The number of carbonyl (C=O) groups is 1. The number of esters is 1. The minimum absolute atomic E-state index is 0.413. The number of benzene rings is 1. The monoisotopic (exact) mass is 271 g/mol. The first-order valence-electron chi connectivity index (χ1n) is 6.03. The quantitative estimate of drug-likeness (QED) is 0.673. The first kappa shape index (κ1) is 12.0. The number of thiophene rings is 1. The number of hydrogen-bond acceptors (Lipinski definition) is 4. The highest BCUT2D eigenvalue weighted by Crippen LogP contribution is 2.43. The van der Waals surface area contributed by atoms with Gasteiger partial charge in [-0.1, -0.05) is 30.8 Å². The van der Waals surface area contributed by atoms with E-state index >= 15 is 0 Å². The van der Waals surface area contributed by atoms with Crippen LogP contribution in [0.15, 0.2) is 37.1 Å². The Kier molecular flexibility index (Phi) is 2.87. The Hall–Kier alpha value is -2.07. The predicted molar refractivity (Wildman–Crippen MR) is 77.2 cm³/mol. The van der Waals surface area contributed by atoms with Gasteiger partial charge in [-0.25, -0.2) is 4.79 Å². The van der Waals surface area contributed by atoms with Crippen molar-refractivity contribution in [2.75, 3.05) is 5.73 Å². The van der Waals surface area contributed by atoms with E-state index in [2.05, 4.69) is 18.7 Å². The van der Waals surface area contributed by atoms with Gasteiger partial charge in [0.2, 0.25) is 0 Å². The zero-order chi connectivity index (χ0) is 13.4. The molecule has 96 valence electrons. The van der Waals surface area contributed by atoms with Crippen molar-refractivity contribution in [2.24, 2.45) is 0 Å². The van der Waals surface area contributed by atoms with Crippen molar-refractivity contribution in [3.8, 4) is 10.4 Å². The van der Waals surface area contributed by atoms with Gasteiger partial charge in [0, 0.05) is 4.88 Å². The maximum atomic E-state index is 11.9. The lowest BCUT2D eigenvalue weighted by Gasteiger charge is -2.16. The molecule has 2 N–H and O–H groups in total. The van der Waals surface area contributed by atoms with Gasteiger partial charge in [0.25, 0.3) is 0 Å². The molecule has 4 heteroatoms. The van der Waals surface area contributed by atoms with E-state index in [4.69, 9.17) is 10.5 Å². The first-order chi connectivity index (χ1) is 9.22. The fourth-order valence-electron chi connectivity index (χ4n) is 2.52. The Morgan fingerprint density at radius 2 is 2.16 bits per heavy atom. The zero-order valence-electron chi connectivity index (χ0n) is 10.3. The Morgan fingerprint density at radius 3 is 2.95 bits per heavy atom. The number of hydrogen-bond donors (Lipinski definition) is 1. The van der Waals surface area contributed by atoms with Gasteiger partial charge >= 0.3 is 5.97 Å². The van der Waals surface area contributed by atoms with Crippen LogP contribution in [0.2, 0.25) is 0 Å². The molecule has 3 rings (SSSR count). The average molecular weight is 271 g/mol. The third-order valence-corrected chi connectivity index (χ3v) is 4.43. The van der Waals surface area contributed by atoms with Crippen LogP contribution in [0, 0.1) is 0 Å². The van der Waals surface area contributed by atoms with Crippen molar-refractivity contribution in [1.82, 2.24) is 0 Å². The summed E-state index contributed by atoms with van der Waals surface area (Å²) in [6.07, 6.45) is 2.89. The lowest BCUT2D eigenvalue weighted by molar-refractivity contribution is 0.0664. The van der Waals surface area contributed by atoms with Crippen LogP contribution in [0.4, 0.5) is 5.00 Å². The van der Waals surface area contributed by atoms with Gasteiger partial charge in [0.15, 0.2) is 0 Å². The van der Waals surface area contributed by atoms with Crippen molar-refractivity contribution in [1.29, 1.82) is 0 Å². The molecule has 0 spiro atoms. The fourth-order valence-corrected chi connectivity index (χ4v) is 3.68. The van der Waals surface area contributed by atoms with Crippen LogP contribution in [0.1, 0.15) is 21.5 Å². The number of nitrogens with two attached hydrogens (primary N) is 1. The number of fused-ring (bicyclic) bond motifs is 3. The number of carbonyl (C=O) groups excluding carboxylic acids is 1. The normalized spacial score (nSPS) is 12.4. The summed E-state index contributed by atoms with van der Waals surface area (Å²) in [4.78, 5) is 13.0. The van der Waals surface area contributed by atoms with Crippen LogP contribution < -0.4 is 5.73 Å². The van der Waals surface area contributed by atoms with Gasteiger partial charge in [0.1, 0.15) is 5.00 Å². The van der Waals surface area contributed by atoms with Crippen LogP contribution >= 0.6 is 11.3 Å². The predicted octanol–water partition coefficient (Wildman–Crippen LogP) is 3.40. The highest BCUT2D eigenvalue weighted by Gasteiger charge is 2.27. The molecule has 0 aliphatic heterocycles. The molecule has 0 unspecified atom stereocenters. The third-order valence-electron chi connectivity index (χ3n) is 3.34. The van der Waals surface area contributed by atoms with E-state index in [0.717, 1.165) is 29.5 Å². The van der Waals surface area contributed by atoms with Crippen molar-refractivity contribution in [3.63, 3.8) is 0 Å². The van der Waals surface area contributed by atoms with Crippen LogP contribution in [-0.2, 0) is 17.6 Å². The van der Waals surface area contributed by atoms with Crippen LogP contribution in [0.25, 0.3) is 10.4 Å². The summed E-state index contributed by atoms with van der Waals surface area (Å²) in [5, 5.41) is 0.522. The van der Waals surface area contributed by atoms with E-state index in [1.54, 1.807) is 0 Å². The number of aryl methyl sites for hydroxylation is 1. The maximum Gasteiger partial charge on any atom is 0.346 e. The fraction of sp³-hybridized carbons (Fsp3) is 0.133. The Balaban J connectivity index is 2.17. The van der Waals surface area contributed by atoms with Gasteiger partial charge in [0.05, 0.1) is 11.8 Å². The summed E-state index contributed by atoms with van der Waals surface area (Å²) >= 11 is 1.46. The lowest BCUT2D eigenvalue weighted by atomic mass is 9.89. The van der Waals surface area contributed by atoms with Gasteiger partial charge in [-0.05, 0) is 29.5 Å². The van der Waals surface area contributed by atoms with Crippen molar-refractivity contribution in [2.45, 2.75) is 12.8 Å². The zero-order valence-corrected chi connectivity index (χ0v) is 11.1. The maximum absolute atomic E-state index is 11.9. The highest BCUT2D eigenvalue weighted by molar-refractivity contribution is 7.20. The van der Waals surface area contributed by atoms with Gasteiger partial charge in [-0.15, -0.1) is 11.3 Å².